The fourth-order valence-electron chi connectivity index (χ4n) is 2.33. The van der Waals surface area contributed by atoms with Crippen LogP contribution in [0.1, 0.15) is 38.1 Å². The van der Waals surface area contributed by atoms with Gasteiger partial charge in [0.1, 0.15) is 17.9 Å². The summed E-state index contributed by atoms with van der Waals surface area (Å²) in [6.45, 7) is 14.2. The first-order valence-electron chi connectivity index (χ1n) is 9.16. The van der Waals surface area contributed by atoms with Crippen molar-refractivity contribution >= 4 is 30.7 Å². The fraction of sp³-hybridized carbons (Fsp3) is 0.381. The molecule has 0 aliphatic heterocycles. The third-order valence-corrected chi connectivity index (χ3v) is 4.90. The Labute approximate surface area is 172 Å². The number of aldehydes is 1. The third kappa shape index (κ3) is 5.34. The highest BCUT2D eigenvalue weighted by atomic mass is 16.5. The van der Waals surface area contributed by atoms with Gasteiger partial charge >= 0.3 is 7.48 Å². The van der Waals surface area contributed by atoms with Crippen molar-refractivity contribution in [2.24, 2.45) is 0 Å². The number of anilines is 1. The largest absolute Gasteiger partial charge is 0.439 e. The number of nitrogens with zero attached hydrogens (tertiary/aromatic N) is 3. The number of carbonyl (C=O) groups excluding carboxylic acids is 1. The Bertz CT molecular complexity index is 930. The topological polar surface area (TPSA) is 76.2 Å². The van der Waals surface area contributed by atoms with Gasteiger partial charge in [0, 0.05) is 19.7 Å². The lowest BCUT2D eigenvalue weighted by Crippen LogP contribution is -2.49. The van der Waals surface area contributed by atoms with E-state index in [9.17, 15) is 9.90 Å². The number of aromatic nitrogens is 1. The van der Waals surface area contributed by atoms with E-state index in [1.54, 1.807) is 77.0 Å². The number of benzene rings is 1. The van der Waals surface area contributed by atoms with E-state index in [0.717, 1.165) is 6.29 Å². The highest BCUT2D eigenvalue weighted by Crippen LogP contribution is 2.30. The molecule has 0 saturated heterocycles. The second-order valence-electron chi connectivity index (χ2n) is 7.94. The molecule has 1 N–H and O–H groups in total. The van der Waals surface area contributed by atoms with Crippen LogP contribution in [0.25, 0.3) is 4.85 Å². The molecule has 152 valence electrons. The molecule has 0 aliphatic rings. The maximum atomic E-state index is 11.6. The Kier molecular flexibility index (Phi) is 6.67. The zero-order chi connectivity index (χ0) is 21.8. The first kappa shape index (κ1) is 22.4. The van der Waals surface area contributed by atoms with Crippen molar-refractivity contribution in [1.82, 2.24) is 4.98 Å². The van der Waals surface area contributed by atoms with Crippen LogP contribution in [0.15, 0.2) is 30.3 Å². The number of hydrogen-bond donors (Lipinski definition) is 1. The van der Waals surface area contributed by atoms with Crippen molar-refractivity contribution in [3.05, 3.63) is 47.3 Å². The van der Waals surface area contributed by atoms with E-state index in [1.807, 2.05) is 0 Å². The van der Waals surface area contributed by atoms with Gasteiger partial charge in [0.05, 0.1) is 17.8 Å². The van der Waals surface area contributed by atoms with Crippen molar-refractivity contribution < 1.29 is 19.3 Å². The molecule has 8 heteroatoms. The van der Waals surface area contributed by atoms with Crippen molar-refractivity contribution in [3.63, 3.8) is 0 Å². The van der Waals surface area contributed by atoms with Crippen LogP contribution in [0, 0.1) is 6.57 Å². The van der Waals surface area contributed by atoms with Crippen molar-refractivity contribution in [2.75, 3.05) is 19.0 Å². The molecule has 1 heterocycles. The van der Waals surface area contributed by atoms with Crippen LogP contribution >= 0.6 is 0 Å². The van der Waals surface area contributed by atoms with Gasteiger partial charge in [-0.2, -0.15) is 0 Å². The lowest BCUT2D eigenvalue weighted by Gasteiger charge is -2.37. The molecule has 1 aromatic heterocycles. The summed E-state index contributed by atoms with van der Waals surface area (Å²) in [6.07, 6.45) is 0.739. The summed E-state index contributed by atoms with van der Waals surface area (Å²) in [6, 6.07) is 8.35. The Morgan fingerprint density at radius 2 is 1.90 bits per heavy atom. The molecule has 1 aromatic carbocycles. The number of pyridine rings is 1. The lowest BCUT2D eigenvalue weighted by molar-refractivity contribution is -0.0893. The molecule has 0 unspecified atom stereocenters. The van der Waals surface area contributed by atoms with Crippen LogP contribution in [-0.2, 0) is 4.65 Å². The molecular formula is C21H26BN3O4. The van der Waals surface area contributed by atoms with Crippen LogP contribution in [0.4, 0.5) is 11.5 Å². The first-order chi connectivity index (χ1) is 13.5. The van der Waals surface area contributed by atoms with Gasteiger partial charge < -0.3 is 19.4 Å². The summed E-state index contributed by atoms with van der Waals surface area (Å²) >= 11 is 0. The fourth-order valence-corrected chi connectivity index (χ4v) is 2.33. The lowest BCUT2D eigenvalue weighted by atomic mass is 9.80. The summed E-state index contributed by atoms with van der Waals surface area (Å²) in [4.78, 5) is 21.1. The zero-order valence-electron chi connectivity index (χ0n) is 17.7. The van der Waals surface area contributed by atoms with Crippen LogP contribution in [-0.4, -0.2) is 49.2 Å². The molecule has 0 aliphatic carbocycles. The van der Waals surface area contributed by atoms with Gasteiger partial charge in [0.2, 0.25) is 11.6 Å². The van der Waals surface area contributed by atoms with Crippen molar-refractivity contribution in [3.8, 4) is 11.6 Å². The SMILES string of the molecule is [C-]#[N+]c1ccc(Oc2ccc(BOC(C)(C)C(C)(C)O)c(C=O)c2)nc1N(C)C. The minimum absolute atomic E-state index is 0.175. The van der Waals surface area contributed by atoms with E-state index >= 15 is 0 Å². The average molecular weight is 395 g/mol. The summed E-state index contributed by atoms with van der Waals surface area (Å²) in [5.74, 6) is 1.28. The molecule has 2 aromatic rings. The second-order valence-corrected chi connectivity index (χ2v) is 7.94. The summed E-state index contributed by atoms with van der Waals surface area (Å²) in [5.41, 5.74) is -0.281. The Morgan fingerprint density at radius 3 is 2.45 bits per heavy atom. The zero-order valence-corrected chi connectivity index (χ0v) is 17.7. The Balaban J connectivity index is 2.22. The smallest absolute Gasteiger partial charge is 0.310 e. The minimum Gasteiger partial charge on any atom is -0.439 e. The highest BCUT2D eigenvalue weighted by molar-refractivity contribution is 6.49. The predicted octanol–water partition coefficient (Wildman–Crippen LogP) is 2.85. The molecule has 7 nitrogen and oxygen atoms in total. The summed E-state index contributed by atoms with van der Waals surface area (Å²) in [7, 11) is 3.78. The van der Waals surface area contributed by atoms with E-state index < -0.39 is 11.2 Å². The van der Waals surface area contributed by atoms with Gasteiger partial charge in [-0.15, -0.1) is 0 Å². The molecule has 0 saturated carbocycles. The average Bonchev–Trinajstić information content (AvgIpc) is 2.65. The first-order valence-corrected chi connectivity index (χ1v) is 9.16. The molecule has 0 radical (unpaired) electrons. The van der Waals surface area contributed by atoms with Crippen LogP contribution < -0.4 is 15.1 Å². The monoisotopic (exact) mass is 395 g/mol. The predicted molar refractivity (Wildman–Crippen MR) is 115 cm³/mol. The normalized spacial score (nSPS) is 11.5. The van der Waals surface area contributed by atoms with Crippen molar-refractivity contribution in [2.45, 2.75) is 38.9 Å². The summed E-state index contributed by atoms with van der Waals surface area (Å²) < 4.78 is 11.6. The van der Waals surface area contributed by atoms with Crippen LogP contribution in [0.3, 0.4) is 0 Å². The quantitative estimate of drug-likeness (QED) is 0.421. The Hall–Kier alpha value is -2.89. The molecule has 0 fully saturated rings. The van der Waals surface area contributed by atoms with E-state index in [2.05, 4.69) is 9.83 Å². The number of aliphatic hydroxyl groups is 1. The maximum absolute atomic E-state index is 11.6. The van der Waals surface area contributed by atoms with Gasteiger partial charge in [-0.3, -0.25) is 4.79 Å². The molecule has 0 amide bonds. The number of carbonyl (C=O) groups is 1. The molecule has 0 atom stereocenters. The number of ether oxygens (including phenoxy) is 1. The van der Waals surface area contributed by atoms with Gasteiger partial charge in [-0.05, 0) is 57.4 Å². The number of rotatable bonds is 8. The molecule has 0 bridgehead atoms. The maximum Gasteiger partial charge on any atom is 0.310 e. The number of hydrogen-bond acceptors (Lipinski definition) is 6. The van der Waals surface area contributed by atoms with Gasteiger partial charge in [-0.25, -0.2) is 9.83 Å². The second kappa shape index (κ2) is 8.64. The van der Waals surface area contributed by atoms with E-state index in [0.29, 0.717) is 34.2 Å². The van der Waals surface area contributed by atoms with Gasteiger partial charge in [0.15, 0.2) is 0 Å². The van der Waals surface area contributed by atoms with Gasteiger partial charge in [-0.1, -0.05) is 6.07 Å². The molecular weight excluding hydrogens is 369 g/mol. The van der Waals surface area contributed by atoms with Crippen molar-refractivity contribution in [1.29, 1.82) is 0 Å². The van der Waals surface area contributed by atoms with Crippen LogP contribution in [0.5, 0.6) is 11.6 Å². The minimum atomic E-state index is -1.04. The van der Waals surface area contributed by atoms with E-state index in [4.69, 9.17) is 16.0 Å². The standard InChI is InChI=1S/C21H26BN3O4/c1-20(2,27)21(3,4)29-22-16-9-8-15(12-14(16)13-26)28-18-11-10-17(23-5)19(24-18)25(6)7/h8-13,22,27H,1-4,6-7H3. The Morgan fingerprint density at radius 1 is 1.21 bits per heavy atom. The molecule has 0 spiro atoms. The highest BCUT2D eigenvalue weighted by Gasteiger charge is 2.35. The summed E-state index contributed by atoms with van der Waals surface area (Å²) in [5, 5.41) is 10.2. The van der Waals surface area contributed by atoms with E-state index in [1.165, 1.54) is 0 Å². The van der Waals surface area contributed by atoms with Gasteiger partial charge in [0.25, 0.3) is 0 Å². The molecule has 2 rings (SSSR count). The third-order valence-electron chi connectivity index (χ3n) is 4.90. The van der Waals surface area contributed by atoms with Crippen LogP contribution in [0.2, 0.25) is 0 Å². The molecule has 29 heavy (non-hydrogen) atoms. The van der Waals surface area contributed by atoms with E-state index in [-0.39, 0.29) is 7.48 Å².